The van der Waals surface area contributed by atoms with Gasteiger partial charge in [0.1, 0.15) is 12.2 Å². The summed E-state index contributed by atoms with van der Waals surface area (Å²) in [6.07, 6.45) is 4.15. The van der Waals surface area contributed by atoms with Crippen LogP contribution in [-0.2, 0) is 20.9 Å². The molecule has 0 saturated carbocycles. The Morgan fingerprint density at radius 3 is 2.59 bits per heavy atom. The maximum Gasteiger partial charge on any atom is 0.410 e. The van der Waals surface area contributed by atoms with E-state index in [-0.39, 0.29) is 30.6 Å². The van der Waals surface area contributed by atoms with Gasteiger partial charge in [-0.2, -0.15) is 11.8 Å². The number of nitrogens with zero attached hydrogens (tertiary/aromatic N) is 1. The fourth-order valence-electron chi connectivity index (χ4n) is 3.25. The molecule has 1 amide bonds. The Bertz CT molecular complexity index is 614. The van der Waals surface area contributed by atoms with E-state index in [0.717, 1.165) is 18.4 Å². The Hall–Kier alpha value is -1.69. The maximum atomic E-state index is 12.6. The number of carbonyl (C=O) groups excluding carboxylic acids is 2. The van der Waals surface area contributed by atoms with Gasteiger partial charge in [0.2, 0.25) is 0 Å². The number of hydrogen-bond acceptors (Lipinski definition) is 5. The molecule has 6 heteroatoms. The van der Waals surface area contributed by atoms with Gasteiger partial charge in [0.25, 0.3) is 0 Å². The number of amides is 1. The lowest BCUT2D eigenvalue weighted by molar-refractivity contribution is -0.149. The molecular weight excluding hydrogens is 362 g/mol. The van der Waals surface area contributed by atoms with Crippen LogP contribution in [0, 0.1) is 5.92 Å². The Labute approximate surface area is 166 Å². The third-order valence-corrected chi connectivity index (χ3v) is 5.22. The molecule has 1 aromatic rings. The number of hydrogen-bond donors (Lipinski definition) is 0. The zero-order valence-electron chi connectivity index (χ0n) is 16.8. The van der Waals surface area contributed by atoms with Crippen molar-refractivity contribution in [2.24, 2.45) is 5.92 Å². The number of rotatable bonds is 7. The molecule has 1 heterocycles. The van der Waals surface area contributed by atoms with Crippen molar-refractivity contribution in [2.45, 2.75) is 58.3 Å². The number of likely N-dealkylation sites (tertiary alicyclic amines) is 1. The molecule has 2 rings (SSSR count). The van der Waals surface area contributed by atoms with Crippen molar-refractivity contribution in [3.63, 3.8) is 0 Å². The minimum absolute atomic E-state index is 0.0290. The van der Waals surface area contributed by atoms with E-state index in [9.17, 15) is 9.59 Å². The molecule has 2 atom stereocenters. The molecule has 0 bridgehead atoms. The van der Waals surface area contributed by atoms with Gasteiger partial charge in [0, 0.05) is 18.3 Å². The van der Waals surface area contributed by atoms with E-state index in [1.54, 1.807) is 16.7 Å². The molecule has 1 aliphatic rings. The molecule has 1 aromatic carbocycles. The summed E-state index contributed by atoms with van der Waals surface area (Å²) < 4.78 is 11.1. The average Bonchev–Trinajstić information content (AvgIpc) is 3.07. The number of esters is 1. The van der Waals surface area contributed by atoms with Crippen LogP contribution in [0.1, 0.15) is 45.6 Å². The van der Waals surface area contributed by atoms with E-state index in [2.05, 4.69) is 0 Å². The van der Waals surface area contributed by atoms with Crippen molar-refractivity contribution in [1.29, 1.82) is 0 Å². The van der Waals surface area contributed by atoms with Gasteiger partial charge in [-0.1, -0.05) is 30.3 Å². The predicted octanol–water partition coefficient (Wildman–Crippen LogP) is 4.50. The summed E-state index contributed by atoms with van der Waals surface area (Å²) in [5, 5.41) is 0. The molecule has 5 nitrogen and oxygen atoms in total. The molecule has 1 fully saturated rings. The van der Waals surface area contributed by atoms with E-state index in [1.807, 2.05) is 57.4 Å². The molecular formula is C21H31NO4S. The summed E-state index contributed by atoms with van der Waals surface area (Å²) in [4.78, 5) is 26.9. The Morgan fingerprint density at radius 1 is 1.26 bits per heavy atom. The highest BCUT2D eigenvalue weighted by Gasteiger charge is 2.35. The smallest absolute Gasteiger partial charge is 0.410 e. The van der Waals surface area contributed by atoms with Gasteiger partial charge in [-0.25, -0.2) is 4.79 Å². The van der Waals surface area contributed by atoms with E-state index < -0.39 is 5.60 Å². The lowest BCUT2D eigenvalue weighted by atomic mass is 10.00. The highest BCUT2D eigenvalue weighted by molar-refractivity contribution is 7.98. The minimum Gasteiger partial charge on any atom is -0.461 e. The monoisotopic (exact) mass is 393 g/mol. The van der Waals surface area contributed by atoms with Crippen LogP contribution in [0.25, 0.3) is 0 Å². The number of ether oxygens (including phenoxy) is 2. The number of carbonyl (C=O) groups is 2. The van der Waals surface area contributed by atoms with E-state index in [1.165, 1.54) is 0 Å². The average molecular weight is 394 g/mol. The van der Waals surface area contributed by atoms with Crippen molar-refractivity contribution < 1.29 is 19.1 Å². The van der Waals surface area contributed by atoms with Crippen molar-refractivity contribution in [1.82, 2.24) is 4.90 Å². The molecule has 1 aliphatic heterocycles. The second kappa shape index (κ2) is 10.0. The quantitative estimate of drug-likeness (QED) is 0.639. The SMILES string of the molecule is CSCC(C[C@@H]1CCCN1C(=O)OC(C)(C)C)C(=O)OCc1ccccc1. The van der Waals surface area contributed by atoms with Gasteiger partial charge in [0.05, 0.1) is 5.92 Å². The molecule has 0 aliphatic carbocycles. The third kappa shape index (κ3) is 7.09. The third-order valence-electron chi connectivity index (χ3n) is 4.49. The molecule has 0 aromatic heterocycles. The molecule has 0 radical (unpaired) electrons. The first-order valence-electron chi connectivity index (χ1n) is 9.49. The van der Waals surface area contributed by atoms with Crippen LogP contribution in [0.3, 0.4) is 0 Å². The largest absolute Gasteiger partial charge is 0.461 e. The zero-order valence-corrected chi connectivity index (χ0v) is 17.6. The zero-order chi connectivity index (χ0) is 19.9. The normalized spacial score (nSPS) is 18.2. The number of thioether (sulfide) groups is 1. The molecule has 0 N–H and O–H groups in total. The summed E-state index contributed by atoms with van der Waals surface area (Å²) in [5.41, 5.74) is 0.460. The molecule has 1 unspecified atom stereocenters. The summed E-state index contributed by atoms with van der Waals surface area (Å²) in [6, 6.07) is 9.71. The van der Waals surface area contributed by atoms with E-state index in [4.69, 9.17) is 9.47 Å². The van der Waals surface area contributed by atoms with Crippen LogP contribution in [-0.4, -0.2) is 47.2 Å². The lowest BCUT2D eigenvalue weighted by Crippen LogP contribution is -2.41. The van der Waals surface area contributed by atoms with Gasteiger partial charge in [-0.15, -0.1) is 0 Å². The highest BCUT2D eigenvalue weighted by Crippen LogP contribution is 2.27. The van der Waals surface area contributed by atoms with Crippen LogP contribution in [0.15, 0.2) is 30.3 Å². The summed E-state index contributed by atoms with van der Waals surface area (Å²) in [6.45, 7) is 6.57. The number of benzene rings is 1. The van der Waals surface area contributed by atoms with Gasteiger partial charge >= 0.3 is 12.1 Å². The Morgan fingerprint density at radius 2 is 1.96 bits per heavy atom. The van der Waals surface area contributed by atoms with Gasteiger partial charge in [0.15, 0.2) is 0 Å². The van der Waals surface area contributed by atoms with E-state index in [0.29, 0.717) is 18.7 Å². The first-order valence-corrected chi connectivity index (χ1v) is 10.9. The fraction of sp³-hybridized carbons (Fsp3) is 0.619. The topological polar surface area (TPSA) is 55.8 Å². The summed E-state index contributed by atoms with van der Waals surface area (Å²) in [5.74, 6) is 0.271. The molecule has 0 spiro atoms. The fourth-order valence-corrected chi connectivity index (χ4v) is 3.92. The van der Waals surface area contributed by atoms with Gasteiger partial charge < -0.3 is 14.4 Å². The molecule has 27 heavy (non-hydrogen) atoms. The van der Waals surface area contributed by atoms with Crippen LogP contribution in [0.2, 0.25) is 0 Å². The van der Waals surface area contributed by atoms with Crippen molar-refractivity contribution in [3.05, 3.63) is 35.9 Å². The highest BCUT2D eigenvalue weighted by atomic mass is 32.2. The standard InChI is InChI=1S/C21H31NO4S/c1-21(2,3)26-20(24)22-12-8-11-18(22)13-17(15-27-4)19(23)25-14-16-9-6-5-7-10-16/h5-7,9-10,17-18H,8,11-15H2,1-4H3/t17?,18-/m0/s1. The van der Waals surface area contributed by atoms with Crippen molar-refractivity contribution >= 4 is 23.8 Å². The first kappa shape index (κ1) is 21.6. The first-order chi connectivity index (χ1) is 12.8. The van der Waals surface area contributed by atoms with Crippen LogP contribution >= 0.6 is 11.8 Å². The molecule has 1 saturated heterocycles. The Kier molecular flexibility index (Phi) is 8.02. The van der Waals surface area contributed by atoms with E-state index >= 15 is 0 Å². The van der Waals surface area contributed by atoms with Crippen LogP contribution < -0.4 is 0 Å². The second-order valence-electron chi connectivity index (χ2n) is 7.95. The lowest BCUT2D eigenvalue weighted by Gasteiger charge is -2.30. The predicted molar refractivity (Wildman–Crippen MR) is 109 cm³/mol. The maximum absolute atomic E-state index is 12.6. The Balaban J connectivity index is 1.95. The van der Waals surface area contributed by atoms with Crippen molar-refractivity contribution in [3.8, 4) is 0 Å². The second-order valence-corrected chi connectivity index (χ2v) is 8.86. The van der Waals surface area contributed by atoms with Crippen LogP contribution in [0.4, 0.5) is 4.79 Å². The summed E-state index contributed by atoms with van der Waals surface area (Å²) in [7, 11) is 0. The van der Waals surface area contributed by atoms with Crippen LogP contribution in [0.5, 0.6) is 0 Å². The van der Waals surface area contributed by atoms with Gasteiger partial charge in [-0.3, -0.25) is 4.79 Å². The summed E-state index contributed by atoms with van der Waals surface area (Å²) >= 11 is 1.63. The van der Waals surface area contributed by atoms with Gasteiger partial charge in [-0.05, 0) is 51.9 Å². The minimum atomic E-state index is -0.516. The molecule has 150 valence electrons. The van der Waals surface area contributed by atoms with Crippen molar-refractivity contribution in [2.75, 3.05) is 18.6 Å².